The van der Waals surface area contributed by atoms with Crippen molar-refractivity contribution in [3.05, 3.63) is 35.5 Å². The van der Waals surface area contributed by atoms with Crippen LogP contribution in [0.4, 0.5) is 18.0 Å². The third-order valence-corrected chi connectivity index (χ3v) is 3.51. The lowest BCUT2D eigenvalue weighted by atomic mass is 10.0. The van der Waals surface area contributed by atoms with Crippen molar-refractivity contribution in [1.82, 2.24) is 10.3 Å². The Morgan fingerprint density at radius 3 is 2.46 bits per heavy atom. The van der Waals surface area contributed by atoms with E-state index in [1.807, 2.05) is 0 Å². The summed E-state index contributed by atoms with van der Waals surface area (Å²) in [6, 6.07) is 1.87. The Labute approximate surface area is 147 Å². The molecule has 0 radical (unpaired) electrons. The van der Waals surface area contributed by atoms with Gasteiger partial charge in [-0.05, 0) is 38.5 Å². The van der Waals surface area contributed by atoms with Gasteiger partial charge in [0, 0.05) is 23.5 Å². The second-order valence-electron chi connectivity index (χ2n) is 6.81. The topological polar surface area (TPSA) is 91.4 Å². The summed E-state index contributed by atoms with van der Waals surface area (Å²) >= 11 is 0. The molecule has 2 rings (SSSR count). The Kier molecular flexibility index (Phi) is 5.20. The summed E-state index contributed by atoms with van der Waals surface area (Å²) in [7, 11) is 0. The number of benzene rings is 1. The fraction of sp³-hybridized carbons (Fsp3) is 0.412. The Morgan fingerprint density at radius 2 is 1.92 bits per heavy atom. The molecule has 1 atom stereocenters. The first-order valence-corrected chi connectivity index (χ1v) is 7.76. The molecular formula is C17H19F3N2O4. The predicted molar refractivity (Wildman–Crippen MR) is 87.8 cm³/mol. The number of carbonyl (C=O) groups excluding carboxylic acids is 1. The second-order valence-corrected chi connectivity index (χ2v) is 6.81. The molecule has 1 aromatic carbocycles. The number of alkyl halides is 3. The lowest BCUT2D eigenvalue weighted by molar-refractivity contribution is -0.139. The molecule has 1 amide bonds. The van der Waals surface area contributed by atoms with Crippen LogP contribution in [0.15, 0.2) is 24.4 Å². The van der Waals surface area contributed by atoms with E-state index in [-0.39, 0.29) is 11.9 Å². The molecule has 0 spiro atoms. The lowest BCUT2D eigenvalue weighted by Gasteiger charge is -2.22. The highest BCUT2D eigenvalue weighted by Crippen LogP contribution is 2.32. The molecule has 0 saturated carbocycles. The van der Waals surface area contributed by atoms with Crippen molar-refractivity contribution < 1.29 is 32.6 Å². The summed E-state index contributed by atoms with van der Waals surface area (Å²) in [5.74, 6) is -1.28. The number of aromatic nitrogens is 1. The number of hydrogen-bond acceptors (Lipinski definition) is 3. The number of nitrogens with one attached hydrogen (secondary N) is 2. The van der Waals surface area contributed by atoms with Gasteiger partial charge in [-0.25, -0.2) is 9.59 Å². The largest absolute Gasteiger partial charge is 0.480 e. The van der Waals surface area contributed by atoms with Gasteiger partial charge in [0.25, 0.3) is 0 Å². The number of aromatic amines is 1. The van der Waals surface area contributed by atoms with E-state index >= 15 is 0 Å². The lowest BCUT2D eigenvalue weighted by Crippen LogP contribution is -2.44. The van der Waals surface area contributed by atoms with Crippen molar-refractivity contribution in [2.75, 3.05) is 0 Å². The first kappa shape index (κ1) is 19.6. The molecule has 0 aliphatic heterocycles. The number of carboxylic acids is 1. The normalized spacial score (nSPS) is 13.5. The molecule has 26 heavy (non-hydrogen) atoms. The minimum Gasteiger partial charge on any atom is -0.480 e. The first-order chi connectivity index (χ1) is 11.9. The summed E-state index contributed by atoms with van der Waals surface area (Å²) in [6.45, 7) is 4.92. The van der Waals surface area contributed by atoms with Gasteiger partial charge in [0.2, 0.25) is 0 Å². The Morgan fingerprint density at radius 1 is 1.27 bits per heavy atom. The van der Waals surface area contributed by atoms with Crippen LogP contribution in [0.5, 0.6) is 0 Å². The molecule has 3 N–H and O–H groups in total. The van der Waals surface area contributed by atoms with Crippen molar-refractivity contribution in [3.8, 4) is 0 Å². The van der Waals surface area contributed by atoms with Gasteiger partial charge in [-0.15, -0.1) is 0 Å². The van der Waals surface area contributed by atoms with Crippen molar-refractivity contribution in [1.29, 1.82) is 0 Å². The van der Waals surface area contributed by atoms with Gasteiger partial charge in [-0.3, -0.25) is 0 Å². The minimum atomic E-state index is -4.47. The number of carbonyl (C=O) groups is 2. The van der Waals surface area contributed by atoms with Crippen LogP contribution in [0.25, 0.3) is 10.9 Å². The molecule has 6 nitrogen and oxygen atoms in total. The SMILES string of the molecule is CC(C)(C)OC(=O)NC(Cc1c[nH]c2cc(C(F)(F)F)ccc12)C(=O)O. The van der Waals surface area contributed by atoms with Crippen LogP contribution >= 0.6 is 0 Å². The van der Waals surface area contributed by atoms with E-state index in [1.54, 1.807) is 20.8 Å². The van der Waals surface area contributed by atoms with Crippen LogP contribution < -0.4 is 5.32 Å². The number of rotatable bonds is 4. The molecule has 0 aliphatic rings. The van der Waals surface area contributed by atoms with Crippen molar-refractivity contribution in [2.24, 2.45) is 0 Å². The van der Waals surface area contributed by atoms with Gasteiger partial charge in [0.05, 0.1) is 5.56 Å². The van der Waals surface area contributed by atoms with Crippen LogP contribution in [-0.2, 0) is 22.1 Å². The molecule has 0 bridgehead atoms. The molecule has 9 heteroatoms. The quantitative estimate of drug-likeness (QED) is 0.763. The molecule has 1 aromatic heterocycles. The van der Waals surface area contributed by atoms with E-state index in [0.29, 0.717) is 10.9 Å². The molecular weight excluding hydrogens is 353 g/mol. The summed E-state index contributed by atoms with van der Waals surface area (Å²) in [4.78, 5) is 25.9. The molecule has 142 valence electrons. The molecule has 0 fully saturated rings. The second kappa shape index (κ2) is 6.89. The van der Waals surface area contributed by atoms with E-state index < -0.39 is 35.4 Å². The monoisotopic (exact) mass is 372 g/mol. The fourth-order valence-corrected chi connectivity index (χ4v) is 2.40. The highest BCUT2D eigenvalue weighted by molar-refractivity contribution is 5.86. The van der Waals surface area contributed by atoms with Gasteiger partial charge >= 0.3 is 18.2 Å². The maximum absolute atomic E-state index is 12.8. The van der Waals surface area contributed by atoms with Crippen molar-refractivity contribution in [3.63, 3.8) is 0 Å². The zero-order valence-corrected chi connectivity index (χ0v) is 14.4. The summed E-state index contributed by atoms with van der Waals surface area (Å²) in [5.41, 5.74) is -0.893. The molecule has 0 aliphatic carbocycles. The van der Waals surface area contributed by atoms with Gasteiger partial charge in [-0.1, -0.05) is 6.07 Å². The molecule has 1 heterocycles. The number of H-pyrrole nitrogens is 1. The van der Waals surface area contributed by atoms with Gasteiger partial charge in [0.15, 0.2) is 0 Å². The standard InChI is InChI=1S/C17H19F3N2O4/c1-16(2,3)26-15(25)22-13(14(23)24)6-9-8-21-12-7-10(17(18,19)20)4-5-11(9)12/h4-5,7-8,13,21H,6H2,1-3H3,(H,22,25)(H,23,24). The average molecular weight is 372 g/mol. The number of hydrogen-bond donors (Lipinski definition) is 3. The number of fused-ring (bicyclic) bond motifs is 1. The van der Waals surface area contributed by atoms with Crippen LogP contribution in [0.2, 0.25) is 0 Å². The number of halogens is 3. The number of carboxylic acid groups (broad SMARTS) is 1. The predicted octanol–water partition coefficient (Wildman–Crippen LogP) is 3.71. The van der Waals surface area contributed by atoms with Crippen LogP contribution in [-0.4, -0.2) is 33.8 Å². The van der Waals surface area contributed by atoms with Crippen molar-refractivity contribution in [2.45, 2.75) is 45.0 Å². The molecule has 2 aromatic rings. The van der Waals surface area contributed by atoms with E-state index in [9.17, 15) is 27.9 Å². The van der Waals surface area contributed by atoms with Gasteiger partial charge < -0.3 is 20.1 Å². The van der Waals surface area contributed by atoms with E-state index in [0.717, 1.165) is 12.1 Å². The Hall–Kier alpha value is -2.71. The van der Waals surface area contributed by atoms with Crippen LogP contribution in [0.1, 0.15) is 31.9 Å². The van der Waals surface area contributed by atoms with Crippen molar-refractivity contribution >= 4 is 23.0 Å². The van der Waals surface area contributed by atoms with E-state index in [4.69, 9.17) is 4.74 Å². The zero-order chi connectivity index (χ0) is 19.7. The Balaban J connectivity index is 2.21. The number of alkyl carbamates (subject to hydrolysis) is 1. The summed E-state index contributed by atoms with van der Waals surface area (Å²) < 4.78 is 43.3. The van der Waals surface area contributed by atoms with E-state index in [1.165, 1.54) is 12.3 Å². The average Bonchev–Trinajstić information content (AvgIpc) is 2.86. The molecule has 1 unspecified atom stereocenters. The maximum atomic E-state index is 12.8. The summed E-state index contributed by atoms with van der Waals surface area (Å²) in [6.07, 6.45) is -4.04. The van der Waals surface area contributed by atoms with Gasteiger partial charge in [0.1, 0.15) is 11.6 Å². The minimum absolute atomic E-state index is 0.111. The summed E-state index contributed by atoms with van der Waals surface area (Å²) in [5, 5.41) is 12.0. The third-order valence-electron chi connectivity index (χ3n) is 3.51. The third kappa shape index (κ3) is 4.90. The fourth-order valence-electron chi connectivity index (χ4n) is 2.40. The molecule has 0 saturated heterocycles. The van der Waals surface area contributed by atoms with Crippen LogP contribution in [0, 0.1) is 0 Å². The number of ether oxygens (including phenoxy) is 1. The Bertz CT molecular complexity index is 822. The first-order valence-electron chi connectivity index (χ1n) is 7.76. The zero-order valence-electron chi connectivity index (χ0n) is 14.4. The maximum Gasteiger partial charge on any atom is 0.416 e. The van der Waals surface area contributed by atoms with Gasteiger partial charge in [-0.2, -0.15) is 13.2 Å². The number of amides is 1. The highest BCUT2D eigenvalue weighted by Gasteiger charge is 2.31. The highest BCUT2D eigenvalue weighted by atomic mass is 19.4. The smallest absolute Gasteiger partial charge is 0.416 e. The number of aliphatic carboxylic acids is 1. The van der Waals surface area contributed by atoms with E-state index in [2.05, 4.69) is 10.3 Å². The van der Waals surface area contributed by atoms with Crippen LogP contribution in [0.3, 0.4) is 0 Å².